The Balaban J connectivity index is 2.44. The van der Waals surface area contributed by atoms with Crippen LogP contribution in [-0.4, -0.2) is 0 Å². The van der Waals surface area contributed by atoms with Crippen LogP contribution >= 0.6 is 15.9 Å². The summed E-state index contributed by atoms with van der Waals surface area (Å²) in [5, 5.41) is 0. The van der Waals surface area contributed by atoms with Gasteiger partial charge >= 0.3 is 0 Å². The second kappa shape index (κ2) is 5.94. The molecular formula is C16H17BrFNO. The quantitative estimate of drug-likeness (QED) is 0.853. The minimum absolute atomic E-state index is 0.271. The van der Waals surface area contributed by atoms with Crippen molar-refractivity contribution in [3.05, 3.63) is 57.3 Å². The van der Waals surface area contributed by atoms with Gasteiger partial charge in [0.25, 0.3) is 0 Å². The van der Waals surface area contributed by atoms with Crippen LogP contribution in [0.1, 0.15) is 29.7 Å². The molecule has 2 nitrogen and oxygen atoms in total. The molecule has 0 radical (unpaired) electrons. The van der Waals surface area contributed by atoms with Crippen LogP contribution in [0.2, 0.25) is 0 Å². The van der Waals surface area contributed by atoms with Crippen molar-refractivity contribution in [1.29, 1.82) is 0 Å². The Morgan fingerprint density at radius 1 is 1.15 bits per heavy atom. The van der Waals surface area contributed by atoms with Crippen molar-refractivity contribution < 1.29 is 9.13 Å². The van der Waals surface area contributed by atoms with Gasteiger partial charge in [0.2, 0.25) is 0 Å². The Kier molecular flexibility index (Phi) is 4.45. The molecule has 2 aromatic rings. The molecule has 0 aliphatic rings. The summed E-state index contributed by atoms with van der Waals surface area (Å²) in [4.78, 5) is 0. The molecule has 0 aliphatic heterocycles. The lowest BCUT2D eigenvalue weighted by Gasteiger charge is -2.16. The van der Waals surface area contributed by atoms with E-state index in [0.717, 1.165) is 10.0 Å². The predicted octanol–water partition coefficient (Wildman–Crippen LogP) is 5.02. The highest BCUT2D eigenvalue weighted by Gasteiger charge is 2.14. The molecule has 0 fully saturated rings. The maximum absolute atomic E-state index is 13.7. The van der Waals surface area contributed by atoms with Gasteiger partial charge in [0.05, 0.1) is 4.47 Å². The first-order valence-corrected chi connectivity index (χ1v) is 7.17. The van der Waals surface area contributed by atoms with Gasteiger partial charge in [0.15, 0.2) is 0 Å². The lowest BCUT2D eigenvalue weighted by Crippen LogP contribution is -2.08. The number of rotatable bonds is 3. The Morgan fingerprint density at radius 3 is 2.45 bits per heavy atom. The highest BCUT2D eigenvalue weighted by molar-refractivity contribution is 9.10. The molecule has 1 atom stereocenters. The molecule has 2 aromatic carbocycles. The van der Waals surface area contributed by atoms with Gasteiger partial charge in [-0.25, -0.2) is 4.39 Å². The number of hydrogen-bond donors (Lipinski definition) is 1. The van der Waals surface area contributed by atoms with E-state index >= 15 is 0 Å². The number of aryl methyl sites for hydroxylation is 2. The number of halogens is 2. The van der Waals surface area contributed by atoms with Crippen LogP contribution in [-0.2, 0) is 0 Å². The molecule has 0 spiro atoms. The molecule has 0 unspecified atom stereocenters. The number of ether oxygens (including phenoxy) is 1. The molecule has 0 heterocycles. The van der Waals surface area contributed by atoms with E-state index in [9.17, 15) is 4.39 Å². The zero-order valence-corrected chi connectivity index (χ0v) is 13.3. The van der Waals surface area contributed by atoms with Crippen LogP contribution in [0, 0.1) is 19.7 Å². The minimum Gasteiger partial charge on any atom is -0.456 e. The fourth-order valence-corrected chi connectivity index (χ4v) is 2.50. The highest BCUT2D eigenvalue weighted by atomic mass is 79.9. The average molecular weight is 338 g/mol. The van der Waals surface area contributed by atoms with Crippen molar-refractivity contribution in [3.8, 4) is 11.5 Å². The van der Waals surface area contributed by atoms with Crippen LogP contribution in [0.3, 0.4) is 0 Å². The molecule has 0 saturated carbocycles. The van der Waals surface area contributed by atoms with Crippen LogP contribution in [0.25, 0.3) is 0 Å². The van der Waals surface area contributed by atoms with Crippen LogP contribution < -0.4 is 10.5 Å². The van der Waals surface area contributed by atoms with E-state index < -0.39 is 0 Å². The summed E-state index contributed by atoms with van der Waals surface area (Å²) in [5.41, 5.74) is 8.21. The first kappa shape index (κ1) is 15.0. The monoisotopic (exact) mass is 337 g/mol. The van der Waals surface area contributed by atoms with Gasteiger partial charge < -0.3 is 10.5 Å². The molecule has 4 heteroatoms. The predicted molar refractivity (Wildman–Crippen MR) is 82.7 cm³/mol. The lowest BCUT2D eigenvalue weighted by atomic mass is 10.0. The average Bonchev–Trinajstić information content (AvgIpc) is 2.36. The van der Waals surface area contributed by atoms with E-state index in [4.69, 9.17) is 10.5 Å². The van der Waals surface area contributed by atoms with E-state index in [-0.39, 0.29) is 11.9 Å². The van der Waals surface area contributed by atoms with Crippen molar-refractivity contribution in [2.24, 2.45) is 5.73 Å². The molecule has 20 heavy (non-hydrogen) atoms. The lowest BCUT2D eigenvalue weighted by molar-refractivity contribution is 0.465. The van der Waals surface area contributed by atoms with E-state index in [2.05, 4.69) is 15.9 Å². The zero-order chi connectivity index (χ0) is 14.9. The van der Waals surface area contributed by atoms with Gasteiger partial charge in [-0.3, -0.25) is 0 Å². The molecule has 0 amide bonds. The number of nitrogens with two attached hydrogens (primary N) is 1. The van der Waals surface area contributed by atoms with Crippen molar-refractivity contribution in [1.82, 2.24) is 0 Å². The van der Waals surface area contributed by atoms with Gasteiger partial charge in [-0.1, -0.05) is 6.07 Å². The van der Waals surface area contributed by atoms with E-state index in [1.807, 2.05) is 25.1 Å². The third-order valence-electron chi connectivity index (χ3n) is 3.09. The Labute approximate surface area is 126 Å². The second-order valence-corrected chi connectivity index (χ2v) is 5.82. The van der Waals surface area contributed by atoms with Crippen molar-refractivity contribution >= 4 is 15.9 Å². The molecular weight excluding hydrogens is 321 g/mol. The van der Waals surface area contributed by atoms with Crippen LogP contribution in [0.15, 0.2) is 34.8 Å². The van der Waals surface area contributed by atoms with E-state index in [1.165, 1.54) is 6.07 Å². The Hall–Kier alpha value is -1.39. The first-order valence-electron chi connectivity index (χ1n) is 6.38. The molecule has 0 aliphatic carbocycles. The SMILES string of the molecule is Cc1ccc(Oc2cc(C)c(F)cc2[C@H](C)N)c(Br)c1. The van der Waals surface area contributed by atoms with E-state index in [0.29, 0.717) is 22.6 Å². The maximum Gasteiger partial charge on any atom is 0.141 e. The topological polar surface area (TPSA) is 35.2 Å². The molecule has 2 rings (SSSR count). The normalized spacial score (nSPS) is 12.3. The number of benzene rings is 2. The van der Waals surface area contributed by atoms with Gasteiger partial charge in [0.1, 0.15) is 17.3 Å². The standard InChI is InChI=1S/C16H17BrFNO/c1-9-4-5-15(13(17)6-9)20-16-7-10(2)14(18)8-12(16)11(3)19/h4-8,11H,19H2,1-3H3/t11-/m0/s1. The summed E-state index contributed by atoms with van der Waals surface area (Å²) in [6.07, 6.45) is 0. The van der Waals surface area contributed by atoms with Crippen LogP contribution in [0.5, 0.6) is 11.5 Å². The second-order valence-electron chi connectivity index (χ2n) is 4.96. The summed E-state index contributed by atoms with van der Waals surface area (Å²) in [6.45, 7) is 5.52. The van der Waals surface area contributed by atoms with Gasteiger partial charge in [-0.2, -0.15) is 0 Å². The first-order chi connectivity index (χ1) is 9.38. The third kappa shape index (κ3) is 3.19. The molecule has 0 aromatic heterocycles. The summed E-state index contributed by atoms with van der Waals surface area (Å²) >= 11 is 3.47. The molecule has 2 N–H and O–H groups in total. The largest absolute Gasteiger partial charge is 0.456 e. The Bertz CT molecular complexity index is 641. The summed E-state index contributed by atoms with van der Waals surface area (Å²) in [5.74, 6) is 1.000. The smallest absolute Gasteiger partial charge is 0.141 e. The van der Waals surface area contributed by atoms with Gasteiger partial charge in [-0.05, 0) is 72.1 Å². The van der Waals surface area contributed by atoms with Gasteiger partial charge in [0, 0.05) is 11.6 Å². The van der Waals surface area contributed by atoms with Crippen molar-refractivity contribution in [3.63, 3.8) is 0 Å². The maximum atomic E-state index is 13.7. The summed E-state index contributed by atoms with van der Waals surface area (Å²) in [7, 11) is 0. The van der Waals surface area contributed by atoms with Gasteiger partial charge in [-0.15, -0.1) is 0 Å². The number of hydrogen-bond acceptors (Lipinski definition) is 2. The Morgan fingerprint density at radius 2 is 1.85 bits per heavy atom. The van der Waals surface area contributed by atoms with E-state index in [1.54, 1.807) is 19.9 Å². The summed E-state index contributed by atoms with van der Waals surface area (Å²) < 4.78 is 20.4. The highest BCUT2D eigenvalue weighted by Crippen LogP contribution is 2.35. The van der Waals surface area contributed by atoms with Crippen molar-refractivity contribution in [2.75, 3.05) is 0 Å². The molecule has 106 valence electrons. The summed E-state index contributed by atoms with van der Waals surface area (Å²) in [6, 6.07) is 8.63. The fourth-order valence-electron chi connectivity index (χ4n) is 1.92. The zero-order valence-electron chi connectivity index (χ0n) is 11.7. The molecule has 0 saturated heterocycles. The molecule has 0 bridgehead atoms. The fraction of sp³-hybridized carbons (Fsp3) is 0.250. The third-order valence-corrected chi connectivity index (χ3v) is 3.71. The minimum atomic E-state index is -0.302. The van der Waals surface area contributed by atoms with Crippen LogP contribution in [0.4, 0.5) is 4.39 Å². The van der Waals surface area contributed by atoms with Crippen molar-refractivity contribution in [2.45, 2.75) is 26.8 Å².